The summed E-state index contributed by atoms with van der Waals surface area (Å²) in [5, 5.41) is 1.34. The molecular formula is C12H19FSi. The van der Waals surface area contributed by atoms with Gasteiger partial charge in [0.05, 0.1) is 8.07 Å². The van der Waals surface area contributed by atoms with Gasteiger partial charge < -0.3 is 0 Å². The molecule has 0 fully saturated rings. The fraction of sp³-hybridized carbons (Fsp3) is 0.500. The van der Waals surface area contributed by atoms with E-state index in [1.54, 1.807) is 6.07 Å². The third-order valence-electron chi connectivity index (χ3n) is 2.48. The van der Waals surface area contributed by atoms with Crippen molar-refractivity contribution in [3.63, 3.8) is 0 Å². The number of hydrogen-bond donors (Lipinski definition) is 0. The molecule has 0 bridgehead atoms. The molecule has 0 aliphatic carbocycles. The first-order valence-electron chi connectivity index (χ1n) is 5.12. The van der Waals surface area contributed by atoms with E-state index in [9.17, 15) is 4.39 Å². The van der Waals surface area contributed by atoms with Gasteiger partial charge >= 0.3 is 0 Å². The number of halogens is 1. The van der Waals surface area contributed by atoms with E-state index in [1.165, 1.54) is 5.19 Å². The third kappa shape index (κ3) is 2.44. The lowest BCUT2D eigenvalue weighted by Gasteiger charge is -2.19. The molecular weight excluding hydrogens is 191 g/mol. The predicted octanol–water partition coefficient (Wildman–Crippen LogP) is 3.49. The van der Waals surface area contributed by atoms with Crippen LogP contribution >= 0.6 is 0 Å². The molecule has 1 aromatic carbocycles. The van der Waals surface area contributed by atoms with E-state index in [1.807, 2.05) is 26.0 Å². The molecule has 0 N–H and O–H groups in total. The lowest BCUT2D eigenvalue weighted by Crippen LogP contribution is -2.37. The Labute approximate surface area is 87.2 Å². The zero-order valence-electron chi connectivity index (χ0n) is 9.69. The van der Waals surface area contributed by atoms with Crippen LogP contribution in [0.3, 0.4) is 0 Å². The Morgan fingerprint density at radius 2 is 1.71 bits per heavy atom. The van der Waals surface area contributed by atoms with Crippen molar-refractivity contribution in [2.75, 3.05) is 0 Å². The molecule has 0 amide bonds. The van der Waals surface area contributed by atoms with Crippen LogP contribution in [-0.2, 0) is 0 Å². The Balaban J connectivity index is 3.20. The van der Waals surface area contributed by atoms with Gasteiger partial charge in [0.2, 0.25) is 0 Å². The van der Waals surface area contributed by atoms with Gasteiger partial charge in [-0.3, -0.25) is 0 Å². The Morgan fingerprint density at radius 1 is 1.14 bits per heavy atom. The molecule has 78 valence electrons. The van der Waals surface area contributed by atoms with Gasteiger partial charge in [0.15, 0.2) is 0 Å². The van der Waals surface area contributed by atoms with E-state index in [0.29, 0.717) is 0 Å². The Morgan fingerprint density at radius 3 is 2.14 bits per heavy atom. The van der Waals surface area contributed by atoms with E-state index < -0.39 is 8.07 Å². The summed E-state index contributed by atoms with van der Waals surface area (Å²) >= 11 is 0. The second-order valence-corrected chi connectivity index (χ2v) is 10.2. The maximum absolute atomic E-state index is 13.4. The highest BCUT2D eigenvalue weighted by molar-refractivity contribution is 6.88. The standard InChI is InChI=1S/C12H19FSi/c1-9(2)11-8-10(14(3,4)5)6-7-12(11)13/h6-9H,1-5H3. The molecule has 14 heavy (non-hydrogen) atoms. The van der Waals surface area contributed by atoms with E-state index >= 15 is 0 Å². The van der Waals surface area contributed by atoms with E-state index in [4.69, 9.17) is 0 Å². The van der Waals surface area contributed by atoms with Crippen LogP contribution in [0.5, 0.6) is 0 Å². The molecule has 2 heteroatoms. The Kier molecular flexibility index (Phi) is 3.15. The van der Waals surface area contributed by atoms with Gasteiger partial charge in [0.25, 0.3) is 0 Å². The summed E-state index contributed by atoms with van der Waals surface area (Å²) in [5.74, 6) is 0.202. The summed E-state index contributed by atoms with van der Waals surface area (Å²) in [6, 6.07) is 5.60. The quantitative estimate of drug-likeness (QED) is 0.655. The van der Waals surface area contributed by atoms with Gasteiger partial charge in [-0.2, -0.15) is 0 Å². The van der Waals surface area contributed by atoms with Crippen LogP contribution < -0.4 is 5.19 Å². The summed E-state index contributed by atoms with van der Waals surface area (Å²) in [4.78, 5) is 0. The summed E-state index contributed by atoms with van der Waals surface area (Å²) in [6.07, 6.45) is 0. The van der Waals surface area contributed by atoms with Crippen molar-refractivity contribution in [2.45, 2.75) is 39.4 Å². The van der Waals surface area contributed by atoms with Crippen molar-refractivity contribution in [3.05, 3.63) is 29.6 Å². The van der Waals surface area contributed by atoms with Gasteiger partial charge in [-0.1, -0.05) is 50.8 Å². The van der Waals surface area contributed by atoms with Crippen LogP contribution in [-0.4, -0.2) is 8.07 Å². The summed E-state index contributed by atoms with van der Waals surface area (Å²) in [5.41, 5.74) is 0.852. The maximum Gasteiger partial charge on any atom is 0.126 e. The van der Waals surface area contributed by atoms with Crippen LogP contribution in [0, 0.1) is 5.82 Å². The first-order chi connectivity index (χ1) is 6.32. The van der Waals surface area contributed by atoms with Gasteiger partial charge in [-0.25, -0.2) is 4.39 Å². The molecule has 0 aliphatic rings. The molecule has 0 radical (unpaired) electrons. The fourth-order valence-electron chi connectivity index (χ4n) is 1.45. The topological polar surface area (TPSA) is 0 Å². The van der Waals surface area contributed by atoms with Crippen LogP contribution in [0.15, 0.2) is 18.2 Å². The van der Waals surface area contributed by atoms with E-state index in [2.05, 4.69) is 19.6 Å². The predicted molar refractivity (Wildman–Crippen MR) is 63.5 cm³/mol. The van der Waals surface area contributed by atoms with Crippen LogP contribution in [0.2, 0.25) is 19.6 Å². The molecule has 0 saturated heterocycles. The Bertz CT molecular complexity index is 324. The van der Waals surface area contributed by atoms with Crippen LogP contribution in [0.25, 0.3) is 0 Å². The monoisotopic (exact) mass is 210 g/mol. The maximum atomic E-state index is 13.4. The minimum Gasteiger partial charge on any atom is -0.207 e. The second kappa shape index (κ2) is 3.85. The second-order valence-electron chi connectivity index (χ2n) is 5.14. The lowest BCUT2D eigenvalue weighted by molar-refractivity contribution is 0.599. The van der Waals surface area contributed by atoms with Crippen molar-refractivity contribution in [1.29, 1.82) is 0 Å². The van der Waals surface area contributed by atoms with Gasteiger partial charge in [0.1, 0.15) is 5.82 Å². The molecule has 1 rings (SSSR count). The SMILES string of the molecule is CC(C)c1cc([Si](C)(C)C)ccc1F. The number of hydrogen-bond acceptors (Lipinski definition) is 0. The lowest BCUT2D eigenvalue weighted by atomic mass is 10.0. The molecule has 0 atom stereocenters. The van der Waals surface area contributed by atoms with Gasteiger partial charge in [-0.15, -0.1) is 0 Å². The van der Waals surface area contributed by atoms with Crippen molar-refractivity contribution >= 4 is 13.3 Å². The molecule has 1 aromatic rings. The molecule has 0 unspecified atom stereocenters. The van der Waals surface area contributed by atoms with Crippen LogP contribution in [0.4, 0.5) is 4.39 Å². The molecule has 0 nitrogen and oxygen atoms in total. The van der Waals surface area contributed by atoms with Crippen molar-refractivity contribution in [3.8, 4) is 0 Å². The fourth-order valence-corrected chi connectivity index (χ4v) is 2.62. The molecule has 0 spiro atoms. The molecule has 0 saturated carbocycles. The van der Waals surface area contributed by atoms with Gasteiger partial charge in [0, 0.05) is 0 Å². The zero-order valence-corrected chi connectivity index (χ0v) is 10.7. The first kappa shape index (κ1) is 11.4. The highest BCUT2D eigenvalue weighted by atomic mass is 28.3. The number of benzene rings is 1. The van der Waals surface area contributed by atoms with Crippen molar-refractivity contribution in [2.24, 2.45) is 0 Å². The van der Waals surface area contributed by atoms with Crippen molar-refractivity contribution < 1.29 is 4.39 Å². The average Bonchev–Trinajstić information content (AvgIpc) is 2.02. The minimum absolute atomic E-state index is 0.0676. The normalized spacial score (nSPS) is 12.2. The first-order valence-corrected chi connectivity index (χ1v) is 8.62. The Hall–Kier alpha value is -0.633. The summed E-state index contributed by atoms with van der Waals surface area (Å²) in [7, 11) is -1.30. The highest BCUT2D eigenvalue weighted by Gasteiger charge is 2.18. The summed E-state index contributed by atoms with van der Waals surface area (Å²) in [6.45, 7) is 10.9. The largest absolute Gasteiger partial charge is 0.207 e. The van der Waals surface area contributed by atoms with Gasteiger partial charge in [-0.05, 0) is 17.5 Å². The zero-order chi connectivity index (χ0) is 10.9. The molecule has 0 aliphatic heterocycles. The molecule has 0 heterocycles. The molecule has 0 aromatic heterocycles. The highest BCUT2D eigenvalue weighted by Crippen LogP contribution is 2.18. The minimum atomic E-state index is -1.30. The summed E-state index contributed by atoms with van der Waals surface area (Å²) < 4.78 is 13.4. The number of rotatable bonds is 2. The smallest absolute Gasteiger partial charge is 0.126 e. The van der Waals surface area contributed by atoms with E-state index in [-0.39, 0.29) is 11.7 Å². The average molecular weight is 210 g/mol. The third-order valence-corrected chi connectivity index (χ3v) is 4.53. The van der Waals surface area contributed by atoms with Crippen LogP contribution in [0.1, 0.15) is 25.3 Å². The van der Waals surface area contributed by atoms with E-state index in [0.717, 1.165) is 5.56 Å². The van der Waals surface area contributed by atoms with Crippen molar-refractivity contribution in [1.82, 2.24) is 0 Å².